The summed E-state index contributed by atoms with van der Waals surface area (Å²) in [6, 6.07) is 0. The summed E-state index contributed by atoms with van der Waals surface area (Å²) in [7, 11) is 1.83. The molecule has 8 nitrogen and oxygen atoms in total. The minimum Gasteiger partial charge on any atom is -0.483 e. The highest BCUT2D eigenvalue weighted by Crippen LogP contribution is 2.28. The van der Waals surface area contributed by atoms with Crippen molar-refractivity contribution >= 4 is 18.3 Å². The summed E-state index contributed by atoms with van der Waals surface area (Å²) in [6.45, 7) is 4.07. The largest absolute Gasteiger partial charge is 0.483 e. The molecule has 2 aliphatic rings. The summed E-state index contributed by atoms with van der Waals surface area (Å²) in [4.78, 5) is 39.3. The number of amides is 2. The smallest absolute Gasteiger partial charge is 0.290 e. The maximum atomic E-state index is 12.6. The Morgan fingerprint density at radius 1 is 1.41 bits per heavy atom. The van der Waals surface area contributed by atoms with Gasteiger partial charge in [0.25, 0.3) is 12.4 Å². The van der Waals surface area contributed by atoms with Gasteiger partial charge in [-0.3, -0.25) is 14.4 Å². The number of nitrogens with one attached hydrogen (secondary N) is 1. The number of rotatable bonds is 7. The van der Waals surface area contributed by atoms with Gasteiger partial charge in [-0.2, -0.15) is 0 Å². The Labute approximate surface area is 159 Å². The van der Waals surface area contributed by atoms with Crippen molar-refractivity contribution in [2.75, 3.05) is 20.1 Å². The second-order valence-corrected chi connectivity index (χ2v) is 7.30. The molecule has 3 rings (SSSR count). The van der Waals surface area contributed by atoms with Gasteiger partial charge in [0.1, 0.15) is 5.69 Å². The lowest BCUT2D eigenvalue weighted by Crippen LogP contribution is -2.37. The van der Waals surface area contributed by atoms with Gasteiger partial charge >= 0.3 is 0 Å². The summed E-state index contributed by atoms with van der Waals surface area (Å²) in [5.74, 6) is 0.832. The standard InChI is InChI=1S/C18H28N4O2.CH2O2/c1-3-4-9-21(2)18(24)16-15-8-7-14(11-22(15)12-20-16)17(23)19-10-13-5-6-13;2-1-3/h12-14H,3-11H2,1-2H3,(H,19,23);1H,(H,2,3). The quantitative estimate of drug-likeness (QED) is 0.701. The predicted molar refractivity (Wildman–Crippen MR) is 100 cm³/mol. The summed E-state index contributed by atoms with van der Waals surface area (Å²) in [5, 5.41) is 9.96. The van der Waals surface area contributed by atoms with Crippen LogP contribution in [0.5, 0.6) is 0 Å². The number of imidazole rings is 1. The van der Waals surface area contributed by atoms with Crippen molar-refractivity contribution in [1.29, 1.82) is 0 Å². The summed E-state index contributed by atoms with van der Waals surface area (Å²) in [6.07, 6.45) is 7.81. The molecule has 1 aromatic rings. The topological polar surface area (TPSA) is 105 Å². The van der Waals surface area contributed by atoms with Crippen LogP contribution in [0, 0.1) is 11.8 Å². The fraction of sp³-hybridized carbons (Fsp3) is 0.684. The van der Waals surface area contributed by atoms with Crippen LogP contribution in [0.25, 0.3) is 0 Å². The van der Waals surface area contributed by atoms with Gasteiger partial charge in [0.05, 0.1) is 17.9 Å². The molecule has 1 aliphatic heterocycles. The first-order chi connectivity index (χ1) is 13.0. The molecule has 1 aromatic heterocycles. The Balaban J connectivity index is 0.000000817. The molecule has 2 heterocycles. The average Bonchev–Trinajstić information content (AvgIpc) is 3.41. The SMILES string of the molecule is CCCCN(C)C(=O)c1ncn2c1CCC(C(=O)NCC1CC1)C2.O=CO. The van der Waals surface area contributed by atoms with Crippen molar-refractivity contribution in [3.63, 3.8) is 0 Å². The molecule has 1 aliphatic carbocycles. The molecular formula is C19H30N4O4. The van der Waals surface area contributed by atoms with E-state index in [2.05, 4.69) is 17.2 Å². The number of carbonyl (C=O) groups excluding carboxylic acids is 2. The van der Waals surface area contributed by atoms with Gasteiger partial charge in [0.15, 0.2) is 0 Å². The number of fused-ring (bicyclic) bond motifs is 1. The minimum atomic E-state index is -0.250. The maximum Gasteiger partial charge on any atom is 0.290 e. The van der Waals surface area contributed by atoms with Gasteiger partial charge in [-0.1, -0.05) is 13.3 Å². The van der Waals surface area contributed by atoms with Crippen molar-refractivity contribution in [1.82, 2.24) is 19.8 Å². The second kappa shape index (κ2) is 10.1. The van der Waals surface area contributed by atoms with E-state index in [1.807, 2.05) is 11.6 Å². The van der Waals surface area contributed by atoms with Gasteiger partial charge in [-0.15, -0.1) is 0 Å². The molecule has 27 heavy (non-hydrogen) atoms. The van der Waals surface area contributed by atoms with Crippen molar-refractivity contribution < 1.29 is 19.5 Å². The lowest BCUT2D eigenvalue weighted by Gasteiger charge is -2.24. The first kappa shape index (κ1) is 20.9. The van der Waals surface area contributed by atoms with Crippen molar-refractivity contribution in [2.24, 2.45) is 11.8 Å². The number of unbranched alkanes of at least 4 members (excludes halogenated alkanes) is 1. The Kier molecular flexibility index (Phi) is 7.82. The molecule has 2 amide bonds. The van der Waals surface area contributed by atoms with E-state index in [1.54, 1.807) is 11.2 Å². The molecule has 1 atom stereocenters. The molecule has 1 unspecified atom stereocenters. The van der Waals surface area contributed by atoms with Crippen LogP contribution in [-0.2, 0) is 22.6 Å². The third kappa shape index (κ3) is 5.80. The lowest BCUT2D eigenvalue weighted by molar-refractivity contribution is -0.126. The van der Waals surface area contributed by atoms with Crippen molar-refractivity contribution in [3.8, 4) is 0 Å². The molecule has 1 fully saturated rings. The lowest BCUT2D eigenvalue weighted by atomic mass is 9.96. The van der Waals surface area contributed by atoms with Crippen LogP contribution in [0.1, 0.15) is 55.2 Å². The monoisotopic (exact) mass is 378 g/mol. The van der Waals surface area contributed by atoms with Crippen molar-refractivity contribution in [3.05, 3.63) is 17.7 Å². The highest BCUT2D eigenvalue weighted by molar-refractivity contribution is 5.93. The highest BCUT2D eigenvalue weighted by atomic mass is 16.3. The van der Waals surface area contributed by atoms with Crippen LogP contribution in [0.15, 0.2) is 6.33 Å². The van der Waals surface area contributed by atoms with Crippen LogP contribution in [0.4, 0.5) is 0 Å². The zero-order valence-electron chi connectivity index (χ0n) is 16.2. The molecule has 0 saturated heterocycles. The summed E-state index contributed by atoms with van der Waals surface area (Å²) < 4.78 is 1.99. The maximum absolute atomic E-state index is 12.6. The van der Waals surface area contributed by atoms with E-state index in [-0.39, 0.29) is 24.2 Å². The van der Waals surface area contributed by atoms with Crippen LogP contribution < -0.4 is 5.32 Å². The van der Waals surface area contributed by atoms with Gasteiger partial charge in [-0.05, 0) is 38.0 Å². The highest BCUT2D eigenvalue weighted by Gasteiger charge is 2.30. The Morgan fingerprint density at radius 3 is 2.74 bits per heavy atom. The van der Waals surface area contributed by atoms with E-state index in [4.69, 9.17) is 9.90 Å². The summed E-state index contributed by atoms with van der Waals surface area (Å²) in [5.41, 5.74) is 1.54. The molecular weight excluding hydrogens is 348 g/mol. The normalized spacial score (nSPS) is 17.9. The molecule has 0 radical (unpaired) electrons. The number of hydrogen-bond donors (Lipinski definition) is 2. The molecule has 2 N–H and O–H groups in total. The second-order valence-electron chi connectivity index (χ2n) is 7.30. The van der Waals surface area contributed by atoms with E-state index < -0.39 is 0 Å². The summed E-state index contributed by atoms with van der Waals surface area (Å²) >= 11 is 0. The number of hydrogen-bond acceptors (Lipinski definition) is 4. The molecule has 150 valence electrons. The molecule has 1 saturated carbocycles. The fourth-order valence-electron chi connectivity index (χ4n) is 3.25. The molecule has 0 spiro atoms. The van der Waals surface area contributed by atoms with E-state index in [0.29, 0.717) is 18.2 Å². The molecule has 0 aromatic carbocycles. The predicted octanol–water partition coefficient (Wildman–Crippen LogP) is 1.54. The van der Waals surface area contributed by atoms with E-state index >= 15 is 0 Å². The Bertz CT molecular complexity index is 654. The van der Waals surface area contributed by atoms with Crippen molar-refractivity contribution in [2.45, 2.75) is 52.0 Å². The van der Waals surface area contributed by atoms with Gasteiger partial charge in [-0.25, -0.2) is 4.98 Å². The van der Waals surface area contributed by atoms with Gasteiger partial charge in [0, 0.05) is 26.7 Å². The van der Waals surface area contributed by atoms with E-state index in [9.17, 15) is 9.59 Å². The Hall–Kier alpha value is -2.38. The van der Waals surface area contributed by atoms with Crippen LogP contribution in [0.2, 0.25) is 0 Å². The fourth-order valence-corrected chi connectivity index (χ4v) is 3.25. The number of aromatic nitrogens is 2. The zero-order valence-corrected chi connectivity index (χ0v) is 16.2. The average molecular weight is 378 g/mol. The third-order valence-corrected chi connectivity index (χ3v) is 5.12. The first-order valence-electron chi connectivity index (χ1n) is 9.66. The molecule has 0 bridgehead atoms. The number of carbonyl (C=O) groups is 3. The van der Waals surface area contributed by atoms with E-state index in [1.165, 1.54) is 12.8 Å². The number of carboxylic acid groups (broad SMARTS) is 1. The van der Waals surface area contributed by atoms with Crippen LogP contribution in [-0.4, -0.2) is 58.0 Å². The minimum absolute atomic E-state index is 0.00571. The third-order valence-electron chi connectivity index (χ3n) is 5.12. The van der Waals surface area contributed by atoms with Gasteiger partial charge < -0.3 is 19.9 Å². The Morgan fingerprint density at radius 2 is 2.11 bits per heavy atom. The van der Waals surface area contributed by atoms with Crippen LogP contribution in [0.3, 0.4) is 0 Å². The first-order valence-corrected chi connectivity index (χ1v) is 9.66. The van der Waals surface area contributed by atoms with Crippen LogP contribution >= 0.6 is 0 Å². The van der Waals surface area contributed by atoms with E-state index in [0.717, 1.165) is 44.5 Å². The van der Waals surface area contributed by atoms with Gasteiger partial charge in [0.2, 0.25) is 5.91 Å². The zero-order chi connectivity index (χ0) is 19.8. The number of nitrogens with zero attached hydrogens (tertiary/aromatic N) is 3. The molecule has 8 heteroatoms.